The van der Waals surface area contributed by atoms with Crippen LogP contribution >= 0.6 is 15.9 Å². The van der Waals surface area contributed by atoms with Crippen LogP contribution in [0.2, 0.25) is 0 Å². The van der Waals surface area contributed by atoms with E-state index in [-0.39, 0.29) is 5.82 Å². The normalized spacial score (nSPS) is 10.5. The lowest BCUT2D eigenvalue weighted by molar-refractivity contribution is 0.414. The highest BCUT2D eigenvalue weighted by Crippen LogP contribution is 2.28. The molecule has 0 saturated carbocycles. The Morgan fingerprint density at radius 2 is 1.26 bits per heavy atom. The van der Waals surface area contributed by atoms with E-state index in [0.29, 0.717) is 18.8 Å². The fourth-order valence-corrected chi connectivity index (χ4v) is 3.21. The van der Waals surface area contributed by atoms with Crippen LogP contribution in [-0.2, 0) is 13.1 Å². The van der Waals surface area contributed by atoms with Crippen LogP contribution in [0.5, 0.6) is 11.5 Å². The van der Waals surface area contributed by atoms with Gasteiger partial charge in [0, 0.05) is 17.6 Å². The Morgan fingerprint density at radius 1 is 0.778 bits per heavy atom. The van der Waals surface area contributed by atoms with E-state index in [0.717, 1.165) is 27.1 Å². The predicted molar refractivity (Wildman–Crippen MR) is 110 cm³/mol. The van der Waals surface area contributed by atoms with Crippen LogP contribution in [-0.4, -0.2) is 14.2 Å². The third-order valence-corrected chi connectivity index (χ3v) is 4.81. The van der Waals surface area contributed by atoms with Crippen molar-refractivity contribution < 1.29 is 13.9 Å². The van der Waals surface area contributed by atoms with Gasteiger partial charge in [-0.1, -0.05) is 40.2 Å². The average Bonchev–Trinajstić information content (AvgIpc) is 2.70. The molecule has 0 saturated heterocycles. The van der Waals surface area contributed by atoms with E-state index in [1.54, 1.807) is 20.3 Å². The molecule has 0 atom stereocenters. The van der Waals surface area contributed by atoms with Crippen LogP contribution in [0.4, 0.5) is 10.1 Å². The molecule has 0 spiro atoms. The summed E-state index contributed by atoms with van der Waals surface area (Å²) in [5.74, 6) is 1.35. The zero-order chi connectivity index (χ0) is 19.2. The highest BCUT2D eigenvalue weighted by molar-refractivity contribution is 9.10. The van der Waals surface area contributed by atoms with Gasteiger partial charge in [0.2, 0.25) is 0 Å². The molecule has 3 nitrogen and oxygen atoms in total. The first kappa shape index (κ1) is 19.2. The third-order valence-electron chi connectivity index (χ3n) is 4.31. The minimum absolute atomic E-state index is 0.250. The van der Waals surface area contributed by atoms with Crippen molar-refractivity contribution in [1.29, 1.82) is 0 Å². The second kappa shape index (κ2) is 8.91. The number of hydrogen-bond donors (Lipinski definition) is 0. The van der Waals surface area contributed by atoms with Crippen LogP contribution < -0.4 is 14.4 Å². The molecule has 0 fully saturated rings. The Bertz CT molecular complexity index is 832. The fourth-order valence-electron chi connectivity index (χ4n) is 2.86. The summed E-state index contributed by atoms with van der Waals surface area (Å²) in [4.78, 5) is 2.02. The molecule has 27 heavy (non-hydrogen) atoms. The van der Waals surface area contributed by atoms with Crippen LogP contribution in [0.15, 0.2) is 71.2 Å². The van der Waals surface area contributed by atoms with Gasteiger partial charge < -0.3 is 14.4 Å². The minimum atomic E-state index is -0.250. The number of halogens is 2. The van der Waals surface area contributed by atoms with Gasteiger partial charge in [0.25, 0.3) is 0 Å². The number of anilines is 1. The van der Waals surface area contributed by atoms with Gasteiger partial charge in [-0.15, -0.1) is 0 Å². The van der Waals surface area contributed by atoms with Crippen molar-refractivity contribution >= 4 is 21.6 Å². The average molecular weight is 430 g/mol. The lowest BCUT2D eigenvalue weighted by atomic mass is 10.1. The van der Waals surface area contributed by atoms with E-state index in [1.807, 2.05) is 59.5 Å². The Labute approximate surface area is 167 Å². The molecule has 0 heterocycles. The largest absolute Gasteiger partial charge is 0.497 e. The maximum absolute atomic E-state index is 14.6. The van der Waals surface area contributed by atoms with Crippen molar-refractivity contribution in [3.8, 4) is 11.5 Å². The maximum atomic E-state index is 14.6. The zero-order valence-electron chi connectivity index (χ0n) is 15.3. The molecule has 0 radical (unpaired) electrons. The smallest absolute Gasteiger partial charge is 0.146 e. The molecule has 0 aromatic heterocycles. The number of nitrogens with zero attached hydrogens (tertiary/aromatic N) is 1. The summed E-state index contributed by atoms with van der Waals surface area (Å²) in [6.45, 7) is 1.15. The quantitative estimate of drug-likeness (QED) is 0.472. The molecule has 0 aliphatic carbocycles. The standard InChI is InChI=1S/C22H21BrFNO2/c1-26-19-8-3-16(4-9-19)14-25(22-13-18(23)7-12-21(22)24)15-17-5-10-20(27-2)11-6-17/h3-13H,14-15H2,1-2H3. The topological polar surface area (TPSA) is 21.7 Å². The molecule has 0 aliphatic heterocycles. The summed E-state index contributed by atoms with van der Waals surface area (Å²) in [5.41, 5.74) is 2.70. The molecular formula is C22H21BrFNO2. The summed E-state index contributed by atoms with van der Waals surface area (Å²) in [7, 11) is 3.28. The molecule has 3 rings (SSSR count). The molecule has 0 N–H and O–H groups in total. The van der Waals surface area contributed by atoms with Crippen LogP contribution in [0.3, 0.4) is 0 Å². The minimum Gasteiger partial charge on any atom is -0.497 e. The monoisotopic (exact) mass is 429 g/mol. The van der Waals surface area contributed by atoms with Gasteiger partial charge in [0.15, 0.2) is 0 Å². The van der Waals surface area contributed by atoms with Crippen molar-refractivity contribution in [1.82, 2.24) is 0 Å². The first-order chi connectivity index (χ1) is 13.1. The van der Waals surface area contributed by atoms with Gasteiger partial charge in [0.1, 0.15) is 17.3 Å². The van der Waals surface area contributed by atoms with E-state index < -0.39 is 0 Å². The summed E-state index contributed by atoms with van der Waals surface area (Å²) >= 11 is 3.45. The van der Waals surface area contributed by atoms with Crippen LogP contribution in [0.25, 0.3) is 0 Å². The first-order valence-corrected chi connectivity index (χ1v) is 9.34. The lowest BCUT2D eigenvalue weighted by Crippen LogP contribution is -2.23. The Morgan fingerprint density at radius 3 is 1.70 bits per heavy atom. The second-order valence-corrected chi connectivity index (χ2v) is 7.06. The van der Waals surface area contributed by atoms with E-state index in [9.17, 15) is 4.39 Å². The third kappa shape index (κ3) is 5.01. The number of ether oxygens (including phenoxy) is 2. The van der Waals surface area contributed by atoms with Crippen molar-refractivity contribution in [2.75, 3.05) is 19.1 Å². The number of rotatable bonds is 7. The highest BCUT2D eigenvalue weighted by atomic mass is 79.9. The van der Waals surface area contributed by atoms with Crippen molar-refractivity contribution in [2.24, 2.45) is 0 Å². The van der Waals surface area contributed by atoms with Gasteiger partial charge in [-0.2, -0.15) is 0 Å². The van der Waals surface area contributed by atoms with Crippen LogP contribution in [0, 0.1) is 5.82 Å². The number of hydrogen-bond acceptors (Lipinski definition) is 3. The summed E-state index contributed by atoms with van der Waals surface area (Å²) in [6.07, 6.45) is 0. The predicted octanol–water partition coefficient (Wildman–Crippen LogP) is 5.81. The summed E-state index contributed by atoms with van der Waals surface area (Å²) < 4.78 is 25.8. The van der Waals surface area contributed by atoms with Gasteiger partial charge in [-0.3, -0.25) is 0 Å². The van der Waals surface area contributed by atoms with Crippen LogP contribution in [0.1, 0.15) is 11.1 Å². The summed E-state index contributed by atoms with van der Waals surface area (Å²) in [6, 6.07) is 20.6. The van der Waals surface area contributed by atoms with Gasteiger partial charge >= 0.3 is 0 Å². The van der Waals surface area contributed by atoms with Gasteiger partial charge in [-0.25, -0.2) is 4.39 Å². The second-order valence-electron chi connectivity index (χ2n) is 6.15. The Hall–Kier alpha value is -2.53. The molecule has 3 aromatic rings. The molecule has 0 unspecified atom stereocenters. The molecule has 140 valence electrons. The Kier molecular flexibility index (Phi) is 6.35. The van der Waals surface area contributed by atoms with Gasteiger partial charge in [0.05, 0.1) is 19.9 Å². The van der Waals surface area contributed by atoms with Gasteiger partial charge in [-0.05, 0) is 53.6 Å². The Balaban J connectivity index is 1.90. The first-order valence-electron chi connectivity index (χ1n) is 8.55. The molecule has 3 aromatic carbocycles. The van der Waals surface area contributed by atoms with E-state index in [4.69, 9.17) is 9.47 Å². The summed E-state index contributed by atoms with van der Waals surface area (Å²) in [5, 5.41) is 0. The molecule has 0 bridgehead atoms. The SMILES string of the molecule is COc1ccc(CN(Cc2ccc(OC)cc2)c2cc(Br)ccc2F)cc1. The van der Waals surface area contributed by atoms with E-state index in [1.165, 1.54) is 6.07 Å². The highest BCUT2D eigenvalue weighted by Gasteiger charge is 2.14. The van der Waals surface area contributed by atoms with Crippen molar-refractivity contribution in [2.45, 2.75) is 13.1 Å². The maximum Gasteiger partial charge on any atom is 0.146 e. The number of methoxy groups -OCH3 is 2. The fraction of sp³-hybridized carbons (Fsp3) is 0.182. The molecule has 0 amide bonds. The number of benzene rings is 3. The van der Waals surface area contributed by atoms with E-state index >= 15 is 0 Å². The molecule has 5 heteroatoms. The van der Waals surface area contributed by atoms with Crippen molar-refractivity contribution in [3.05, 3.63) is 88.1 Å². The van der Waals surface area contributed by atoms with Crippen molar-refractivity contribution in [3.63, 3.8) is 0 Å². The van der Waals surface area contributed by atoms with E-state index in [2.05, 4.69) is 15.9 Å². The zero-order valence-corrected chi connectivity index (χ0v) is 16.9. The molecular weight excluding hydrogens is 409 g/mol. The molecule has 0 aliphatic rings. The lowest BCUT2D eigenvalue weighted by Gasteiger charge is -2.26.